The van der Waals surface area contributed by atoms with Crippen LogP contribution in [0.1, 0.15) is 24.1 Å². The number of nitrogens with one attached hydrogen (secondary N) is 1. The molecule has 2 aromatic carbocycles. The molecule has 0 heterocycles. The van der Waals surface area contributed by atoms with Crippen molar-refractivity contribution < 1.29 is 0 Å². The van der Waals surface area contributed by atoms with Gasteiger partial charge in [0.05, 0.1) is 5.02 Å². The lowest BCUT2D eigenvalue weighted by molar-refractivity contribution is 0.573. The quantitative estimate of drug-likeness (QED) is 0.689. The van der Waals surface area contributed by atoms with Crippen molar-refractivity contribution >= 4 is 43.5 Å². The highest BCUT2D eigenvalue weighted by Gasteiger charge is 2.08. The highest BCUT2D eigenvalue weighted by Crippen LogP contribution is 2.25. The van der Waals surface area contributed by atoms with Crippen LogP contribution in [0.2, 0.25) is 5.02 Å². The van der Waals surface area contributed by atoms with Crippen molar-refractivity contribution in [2.75, 3.05) is 0 Å². The first-order chi connectivity index (χ1) is 9.08. The van der Waals surface area contributed by atoms with Gasteiger partial charge in [-0.25, -0.2) is 0 Å². The molecule has 100 valence electrons. The van der Waals surface area contributed by atoms with E-state index in [1.807, 2.05) is 24.3 Å². The Morgan fingerprint density at radius 1 is 1.11 bits per heavy atom. The van der Waals surface area contributed by atoms with E-state index in [1.54, 1.807) is 0 Å². The van der Waals surface area contributed by atoms with Crippen LogP contribution in [0.25, 0.3) is 0 Å². The van der Waals surface area contributed by atoms with Crippen LogP contribution < -0.4 is 5.32 Å². The average molecular weight is 404 g/mol. The summed E-state index contributed by atoms with van der Waals surface area (Å²) >= 11 is 13.0. The third-order valence-electron chi connectivity index (χ3n) is 2.97. The van der Waals surface area contributed by atoms with E-state index in [1.165, 1.54) is 11.1 Å². The topological polar surface area (TPSA) is 12.0 Å². The van der Waals surface area contributed by atoms with Gasteiger partial charge in [0, 0.05) is 21.5 Å². The predicted octanol–water partition coefficient (Wildman–Crippen LogP) is 5.72. The Kier molecular flexibility index (Phi) is 5.46. The largest absolute Gasteiger partial charge is 0.306 e. The molecule has 2 rings (SSSR count). The monoisotopic (exact) mass is 401 g/mol. The van der Waals surface area contributed by atoms with Gasteiger partial charge >= 0.3 is 0 Å². The summed E-state index contributed by atoms with van der Waals surface area (Å²) in [6.45, 7) is 2.96. The third-order valence-corrected chi connectivity index (χ3v) is 4.90. The summed E-state index contributed by atoms with van der Waals surface area (Å²) < 4.78 is 2.06. The van der Waals surface area contributed by atoms with Crippen LogP contribution in [0.5, 0.6) is 0 Å². The van der Waals surface area contributed by atoms with Crippen LogP contribution >= 0.6 is 43.5 Å². The molecule has 0 aliphatic carbocycles. The fraction of sp³-hybridized carbons (Fsp3) is 0.200. The molecular weight excluding hydrogens is 389 g/mol. The maximum absolute atomic E-state index is 5.99. The van der Waals surface area contributed by atoms with Crippen molar-refractivity contribution in [3.8, 4) is 0 Å². The Morgan fingerprint density at radius 3 is 2.53 bits per heavy atom. The normalized spacial score (nSPS) is 12.4. The second-order valence-electron chi connectivity index (χ2n) is 4.37. The van der Waals surface area contributed by atoms with Crippen molar-refractivity contribution in [3.05, 3.63) is 67.6 Å². The molecule has 1 nitrogen and oxygen atoms in total. The minimum Gasteiger partial charge on any atom is -0.306 e. The second-order valence-corrected chi connectivity index (χ2v) is 6.49. The highest BCUT2D eigenvalue weighted by molar-refractivity contribution is 9.10. The molecule has 0 unspecified atom stereocenters. The number of benzene rings is 2. The maximum atomic E-state index is 5.99. The van der Waals surface area contributed by atoms with E-state index in [2.05, 4.69) is 62.3 Å². The molecule has 2 aromatic rings. The summed E-state index contributed by atoms with van der Waals surface area (Å²) in [7, 11) is 0. The average Bonchev–Trinajstić information content (AvgIpc) is 2.40. The van der Waals surface area contributed by atoms with Gasteiger partial charge in [0.1, 0.15) is 0 Å². The molecular formula is C15H14Br2ClN. The molecule has 0 aromatic heterocycles. The molecule has 4 heteroatoms. The summed E-state index contributed by atoms with van der Waals surface area (Å²) in [4.78, 5) is 0. The highest BCUT2D eigenvalue weighted by atomic mass is 79.9. The molecule has 1 N–H and O–H groups in total. The molecule has 0 aliphatic rings. The van der Waals surface area contributed by atoms with Gasteiger partial charge in [-0.05, 0) is 52.2 Å². The Bertz CT molecular complexity index is 572. The van der Waals surface area contributed by atoms with Crippen molar-refractivity contribution in [3.63, 3.8) is 0 Å². The van der Waals surface area contributed by atoms with Gasteiger partial charge in [-0.1, -0.05) is 51.8 Å². The zero-order chi connectivity index (χ0) is 13.8. The zero-order valence-corrected chi connectivity index (χ0v) is 14.4. The summed E-state index contributed by atoms with van der Waals surface area (Å²) in [5.74, 6) is 0. The molecule has 0 saturated heterocycles. The lowest BCUT2D eigenvalue weighted by atomic mass is 10.1. The Hall–Kier alpha value is -0.350. The third kappa shape index (κ3) is 4.06. The summed E-state index contributed by atoms with van der Waals surface area (Å²) in [6, 6.07) is 14.5. The van der Waals surface area contributed by atoms with E-state index >= 15 is 0 Å². The zero-order valence-electron chi connectivity index (χ0n) is 10.5. The van der Waals surface area contributed by atoms with E-state index in [0.717, 1.165) is 20.5 Å². The number of hydrogen-bond donors (Lipinski definition) is 1. The molecule has 1 atom stereocenters. The molecule has 0 spiro atoms. The van der Waals surface area contributed by atoms with Gasteiger partial charge in [-0.15, -0.1) is 0 Å². The maximum Gasteiger partial charge on any atom is 0.0548 e. The van der Waals surface area contributed by atoms with Gasteiger partial charge in [0.25, 0.3) is 0 Å². The molecule has 0 amide bonds. The second kappa shape index (κ2) is 6.89. The number of rotatable bonds is 4. The van der Waals surface area contributed by atoms with Gasteiger partial charge in [-0.2, -0.15) is 0 Å². The minimum atomic E-state index is 0.282. The van der Waals surface area contributed by atoms with Gasteiger partial charge < -0.3 is 5.32 Å². The smallest absolute Gasteiger partial charge is 0.0548 e. The van der Waals surface area contributed by atoms with Crippen LogP contribution in [0.3, 0.4) is 0 Å². The number of hydrogen-bond acceptors (Lipinski definition) is 1. The lowest BCUT2D eigenvalue weighted by Gasteiger charge is -2.16. The van der Waals surface area contributed by atoms with Gasteiger partial charge in [0.15, 0.2) is 0 Å². The summed E-state index contributed by atoms with van der Waals surface area (Å²) in [5.41, 5.74) is 2.46. The van der Waals surface area contributed by atoms with E-state index in [0.29, 0.717) is 0 Å². The van der Waals surface area contributed by atoms with Crippen LogP contribution in [-0.4, -0.2) is 0 Å². The first-order valence-corrected chi connectivity index (χ1v) is 7.96. The number of halogens is 3. The Morgan fingerprint density at radius 2 is 1.84 bits per heavy atom. The van der Waals surface area contributed by atoms with Gasteiger partial charge in [0.2, 0.25) is 0 Å². The fourth-order valence-corrected chi connectivity index (χ4v) is 3.03. The van der Waals surface area contributed by atoms with Crippen molar-refractivity contribution in [2.24, 2.45) is 0 Å². The summed E-state index contributed by atoms with van der Waals surface area (Å²) in [5, 5.41) is 4.25. The van der Waals surface area contributed by atoms with Crippen molar-refractivity contribution in [1.29, 1.82) is 0 Å². The first kappa shape index (κ1) is 15.0. The van der Waals surface area contributed by atoms with E-state index in [-0.39, 0.29) is 6.04 Å². The molecule has 19 heavy (non-hydrogen) atoms. The Labute approximate surface area is 135 Å². The van der Waals surface area contributed by atoms with Crippen LogP contribution in [0, 0.1) is 0 Å². The molecule has 0 radical (unpaired) electrons. The predicted molar refractivity (Wildman–Crippen MR) is 88.5 cm³/mol. The molecule has 0 bridgehead atoms. The standard InChI is InChI=1S/C15H14Br2ClN/c1-10(12-4-2-3-5-13(12)16)19-9-11-6-7-15(18)14(17)8-11/h2-8,10,19H,9H2,1H3/t10-/m1/s1. The van der Waals surface area contributed by atoms with E-state index in [4.69, 9.17) is 11.6 Å². The molecule has 0 aliphatic heterocycles. The fourth-order valence-electron chi connectivity index (χ4n) is 1.86. The van der Waals surface area contributed by atoms with Crippen LogP contribution in [0.4, 0.5) is 0 Å². The van der Waals surface area contributed by atoms with Crippen LogP contribution in [-0.2, 0) is 6.54 Å². The van der Waals surface area contributed by atoms with E-state index < -0.39 is 0 Å². The van der Waals surface area contributed by atoms with Crippen LogP contribution in [0.15, 0.2) is 51.4 Å². The van der Waals surface area contributed by atoms with Crippen molar-refractivity contribution in [2.45, 2.75) is 19.5 Å². The molecule has 0 fully saturated rings. The van der Waals surface area contributed by atoms with Crippen molar-refractivity contribution in [1.82, 2.24) is 5.32 Å². The first-order valence-electron chi connectivity index (χ1n) is 5.99. The van der Waals surface area contributed by atoms with E-state index in [9.17, 15) is 0 Å². The Balaban J connectivity index is 2.02. The minimum absolute atomic E-state index is 0.282. The summed E-state index contributed by atoms with van der Waals surface area (Å²) in [6.07, 6.45) is 0. The molecule has 0 saturated carbocycles. The van der Waals surface area contributed by atoms with Gasteiger partial charge in [-0.3, -0.25) is 0 Å². The SMILES string of the molecule is C[C@@H](NCc1ccc(Cl)c(Br)c1)c1ccccc1Br. The lowest BCUT2D eigenvalue weighted by Crippen LogP contribution is -2.18.